The number of carbonyl (C=O) groups excluding carboxylic acids is 1. The lowest BCUT2D eigenvalue weighted by Crippen LogP contribution is -2.27. The third kappa shape index (κ3) is 8.05. The molecule has 0 unspecified atom stereocenters. The number of aryl methyl sites for hydroxylation is 1. The smallest absolute Gasteiger partial charge is 0.262 e. The average Bonchev–Trinajstić information content (AvgIpc) is 2.76. The molecule has 30 heavy (non-hydrogen) atoms. The number of carbonyl (C=O) groups is 1. The number of nitrogens with zero attached hydrogens (tertiary/aromatic N) is 1. The van der Waals surface area contributed by atoms with E-state index >= 15 is 0 Å². The van der Waals surface area contributed by atoms with Crippen molar-refractivity contribution in [2.45, 2.75) is 33.7 Å². The number of nitrogens with one attached hydrogen (secondary N) is 2. The number of benzene rings is 2. The van der Waals surface area contributed by atoms with E-state index in [0.29, 0.717) is 11.5 Å². The maximum Gasteiger partial charge on any atom is 0.262 e. The number of amides is 1. The summed E-state index contributed by atoms with van der Waals surface area (Å²) in [4.78, 5) is 14.6. The molecule has 0 aromatic heterocycles. The van der Waals surface area contributed by atoms with Crippen LogP contribution in [0.15, 0.2) is 42.5 Å². The molecule has 0 heterocycles. The third-order valence-electron chi connectivity index (χ3n) is 4.97. The molecule has 1 amide bonds. The van der Waals surface area contributed by atoms with E-state index in [9.17, 15) is 4.79 Å². The summed E-state index contributed by atoms with van der Waals surface area (Å²) >= 11 is 0. The van der Waals surface area contributed by atoms with Crippen LogP contribution in [0.3, 0.4) is 0 Å². The Labute approximate surface area is 180 Å². The first-order valence-corrected chi connectivity index (χ1v) is 10.6. The van der Waals surface area contributed by atoms with E-state index in [4.69, 9.17) is 9.47 Å². The molecule has 6 heteroatoms. The monoisotopic (exact) mass is 413 g/mol. The first-order chi connectivity index (χ1) is 14.5. The Hall–Kier alpha value is -2.57. The van der Waals surface area contributed by atoms with E-state index in [2.05, 4.69) is 29.4 Å². The first-order valence-electron chi connectivity index (χ1n) is 10.6. The minimum Gasteiger partial charge on any atom is -0.493 e. The highest BCUT2D eigenvalue weighted by Crippen LogP contribution is 2.28. The molecule has 0 bridgehead atoms. The summed E-state index contributed by atoms with van der Waals surface area (Å²) in [5.41, 5.74) is 3.02. The number of hydrogen-bond acceptors (Lipinski definition) is 5. The number of hydrogen-bond donors (Lipinski definition) is 2. The van der Waals surface area contributed by atoms with Crippen LogP contribution in [0, 0.1) is 6.92 Å². The van der Waals surface area contributed by atoms with Crippen LogP contribution >= 0.6 is 0 Å². The molecule has 2 aromatic rings. The van der Waals surface area contributed by atoms with Gasteiger partial charge in [-0.05, 0) is 69.4 Å². The summed E-state index contributed by atoms with van der Waals surface area (Å²) in [5.74, 6) is 0.974. The molecular weight excluding hydrogens is 378 g/mol. The molecule has 2 rings (SSSR count). The van der Waals surface area contributed by atoms with Gasteiger partial charge in [-0.2, -0.15) is 0 Å². The van der Waals surface area contributed by atoms with Gasteiger partial charge >= 0.3 is 0 Å². The second-order valence-corrected chi connectivity index (χ2v) is 7.25. The summed E-state index contributed by atoms with van der Waals surface area (Å²) in [6.45, 7) is 11.4. The Bertz CT molecular complexity index is 774. The first kappa shape index (κ1) is 23.7. The molecule has 164 valence electrons. The van der Waals surface area contributed by atoms with Crippen molar-refractivity contribution in [2.75, 3.05) is 45.2 Å². The normalized spacial score (nSPS) is 10.8. The van der Waals surface area contributed by atoms with Crippen molar-refractivity contribution < 1.29 is 14.3 Å². The van der Waals surface area contributed by atoms with Gasteiger partial charge in [0.05, 0.1) is 7.11 Å². The lowest BCUT2D eigenvalue weighted by molar-refractivity contribution is -0.118. The highest BCUT2D eigenvalue weighted by Gasteiger charge is 2.09. The summed E-state index contributed by atoms with van der Waals surface area (Å²) in [7, 11) is 1.61. The lowest BCUT2D eigenvalue weighted by Gasteiger charge is -2.17. The van der Waals surface area contributed by atoms with Crippen LogP contribution in [0.4, 0.5) is 5.69 Å². The van der Waals surface area contributed by atoms with Crippen LogP contribution in [0.5, 0.6) is 11.5 Å². The summed E-state index contributed by atoms with van der Waals surface area (Å²) in [6.07, 6.45) is 1.12. The van der Waals surface area contributed by atoms with Crippen LogP contribution < -0.4 is 20.1 Å². The molecule has 0 aliphatic carbocycles. The van der Waals surface area contributed by atoms with E-state index in [1.165, 1.54) is 0 Å². The Balaban J connectivity index is 1.79. The number of rotatable bonds is 13. The second-order valence-electron chi connectivity index (χ2n) is 7.25. The maximum atomic E-state index is 12.1. The molecule has 0 radical (unpaired) electrons. The minimum absolute atomic E-state index is 0.0762. The van der Waals surface area contributed by atoms with E-state index in [1.807, 2.05) is 49.4 Å². The Morgan fingerprint density at radius 3 is 2.43 bits per heavy atom. The summed E-state index contributed by atoms with van der Waals surface area (Å²) < 4.78 is 11.1. The summed E-state index contributed by atoms with van der Waals surface area (Å²) in [6, 6.07) is 13.4. The molecule has 2 N–H and O–H groups in total. The zero-order chi connectivity index (χ0) is 21.8. The third-order valence-corrected chi connectivity index (χ3v) is 4.97. The predicted octanol–water partition coefficient (Wildman–Crippen LogP) is 3.84. The molecule has 2 aromatic carbocycles. The Morgan fingerprint density at radius 1 is 1.03 bits per heavy atom. The number of anilines is 1. The van der Waals surface area contributed by atoms with Crippen LogP contribution in [-0.2, 0) is 11.3 Å². The molecule has 0 saturated heterocycles. The van der Waals surface area contributed by atoms with E-state index in [-0.39, 0.29) is 12.5 Å². The highest BCUT2D eigenvalue weighted by molar-refractivity contribution is 5.91. The van der Waals surface area contributed by atoms with Gasteiger partial charge in [0.1, 0.15) is 0 Å². The zero-order valence-corrected chi connectivity index (χ0v) is 18.7. The molecule has 0 fully saturated rings. The van der Waals surface area contributed by atoms with Crippen LogP contribution in [-0.4, -0.2) is 50.7 Å². The van der Waals surface area contributed by atoms with Crippen molar-refractivity contribution in [3.05, 3.63) is 53.6 Å². The van der Waals surface area contributed by atoms with Crippen LogP contribution in [0.1, 0.15) is 31.4 Å². The molecule has 0 spiro atoms. The van der Waals surface area contributed by atoms with E-state index in [0.717, 1.165) is 56.0 Å². The molecular formula is C24H35N3O3. The van der Waals surface area contributed by atoms with Gasteiger partial charge in [-0.3, -0.25) is 4.79 Å². The van der Waals surface area contributed by atoms with Crippen molar-refractivity contribution in [2.24, 2.45) is 0 Å². The van der Waals surface area contributed by atoms with Gasteiger partial charge in [0.15, 0.2) is 18.1 Å². The molecule has 0 saturated carbocycles. The molecule has 0 atom stereocenters. The molecule has 0 aliphatic rings. The van der Waals surface area contributed by atoms with Gasteiger partial charge in [-0.1, -0.05) is 37.6 Å². The topological polar surface area (TPSA) is 62.8 Å². The van der Waals surface area contributed by atoms with Crippen molar-refractivity contribution in [1.82, 2.24) is 10.2 Å². The SMILES string of the molecule is CCN(CC)CCCNCc1ccc(OCC(=O)Nc2ccc(C)cc2)c(OC)c1. The molecule has 0 aliphatic heterocycles. The van der Waals surface area contributed by atoms with Gasteiger partial charge in [0.25, 0.3) is 5.91 Å². The highest BCUT2D eigenvalue weighted by atomic mass is 16.5. The fourth-order valence-corrected chi connectivity index (χ4v) is 3.12. The zero-order valence-electron chi connectivity index (χ0n) is 18.7. The number of methoxy groups -OCH3 is 1. The number of ether oxygens (including phenoxy) is 2. The largest absolute Gasteiger partial charge is 0.493 e. The van der Waals surface area contributed by atoms with Gasteiger partial charge in [0.2, 0.25) is 0 Å². The summed E-state index contributed by atoms with van der Waals surface area (Å²) in [5, 5.41) is 6.30. The minimum atomic E-state index is -0.208. The van der Waals surface area contributed by atoms with Gasteiger partial charge in [-0.25, -0.2) is 0 Å². The van der Waals surface area contributed by atoms with Crippen molar-refractivity contribution in [1.29, 1.82) is 0 Å². The van der Waals surface area contributed by atoms with Crippen molar-refractivity contribution in [3.8, 4) is 11.5 Å². The van der Waals surface area contributed by atoms with Gasteiger partial charge in [0, 0.05) is 12.2 Å². The Morgan fingerprint density at radius 2 is 1.77 bits per heavy atom. The Kier molecular flexibility index (Phi) is 10.2. The van der Waals surface area contributed by atoms with E-state index < -0.39 is 0 Å². The van der Waals surface area contributed by atoms with Gasteiger partial charge < -0.3 is 25.0 Å². The lowest BCUT2D eigenvalue weighted by atomic mass is 10.2. The molecule has 6 nitrogen and oxygen atoms in total. The van der Waals surface area contributed by atoms with Crippen LogP contribution in [0.2, 0.25) is 0 Å². The van der Waals surface area contributed by atoms with Crippen molar-refractivity contribution in [3.63, 3.8) is 0 Å². The van der Waals surface area contributed by atoms with Crippen LogP contribution in [0.25, 0.3) is 0 Å². The van der Waals surface area contributed by atoms with E-state index in [1.54, 1.807) is 7.11 Å². The average molecular weight is 414 g/mol. The predicted molar refractivity (Wildman–Crippen MR) is 122 cm³/mol. The standard InChI is InChI=1S/C24H35N3O3/c1-5-27(6-2)15-7-14-25-17-20-10-13-22(23(16-20)29-4)30-18-24(28)26-21-11-8-19(3)9-12-21/h8-13,16,25H,5-7,14-15,17-18H2,1-4H3,(H,26,28). The van der Waals surface area contributed by atoms with Gasteiger partial charge in [-0.15, -0.1) is 0 Å². The maximum absolute atomic E-state index is 12.1. The fraction of sp³-hybridized carbons (Fsp3) is 0.458. The van der Waals surface area contributed by atoms with Crippen molar-refractivity contribution >= 4 is 11.6 Å². The quantitative estimate of drug-likeness (QED) is 0.489. The second kappa shape index (κ2) is 12.9. The fourth-order valence-electron chi connectivity index (χ4n) is 3.12.